The van der Waals surface area contributed by atoms with Crippen LogP contribution in [0, 0.1) is 5.82 Å². The minimum atomic E-state index is -0.278. The second-order valence-electron chi connectivity index (χ2n) is 7.23. The molecule has 0 unspecified atom stereocenters. The van der Waals surface area contributed by atoms with E-state index in [9.17, 15) is 9.18 Å². The molecular formula is C24H23FN2O3. The molecule has 154 valence electrons. The van der Waals surface area contributed by atoms with Crippen molar-refractivity contribution in [3.05, 3.63) is 95.3 Å². The van der Waals surface area contributed by atoms with Gasteiger partial charge in [-0.2, -0.15) is 0 Å². The Kier molecular flexibility index (Phi) is 6.13. The molecule has 1 heterocycles. The number of rotatable bonds is 7. The lowest BCUT2D eigenvalue weighted by atomic mass is 9.98. The van der Waals surface area contributed by atoms with Gasteiger partial charge in [-0.15, -0.1) is 0 Å². The van der Waals surface area contributed by atoms with Gasteiger partial charge in [0.05, 0.1) is 0 Å². The Morgan fingerprint density at radius 1 is 0.867 bits per heavy atom. The predicted molar refractivity (Wildman–Crippen MR) is 112 cm³/mol. The lowest BCUT2D eigenvalue weighted by Crippen LogP contribution is -2.43. The zero-order chi connectivity index (χ0) is 20.8. The van der Waals surface area contributed by atoms with Crippen LogP contribution in [0.4, 0.5) is 9.18 Å². The third kappa shape index (κ3) is 5.29. The fourth-order valence-electron chi connectivity index (χ4n) is 3.45. The Morgan fingerprint density at radius 3 is 2.37 bits per heavy atom. The third-order valence-electron chi connectivity index (χ3n) is 4.95. The van der Waals surface area contributed by atoms with Crippen molar-refractivity contribution in [3.63, 3.8) is 0 Å². The van der Waals surface area contributed by atoms with Crippen molar-refractivity contribution in [2.24, 2.45) is 0 Å². The van der Waals surface area contributed by atoms with Gasteiger partial charge in [-0.1, -0.05) is 48.5 Å². The van der Waals surface area contributed by atoms with Crippen molar-refractivity contribution in [2.45, 2.75) is 25.4 Å². The molecule has 1 aliphatic heterocycles. The smallest absolute Gasteiger partial charge is 0.315 e. The summed E-state index contributed by atoms with van der Waals surface area (Å²) in [5, 5.41) is 5.95. The van der Waals surface area contributed by atoms with Crippen LogP contribution in [-0.2, 0) is 19.4 Å². The maximum absolute atomic E-state index is 13.3. The van der Waals surface area contributed by atoms with Gasteiger partial charge in [0.25, 0.3) is 0 Å². The highest BCUT2D eigenvalue weighted by Gasteiger charge is 2.18. The summed E-state index contributed by atoms with van der Waals surface area (Å²) < 4.78 is 24.1. The number of urea groups is 1. The number of fused-ring (bicyclic) bond motifs is 1. The molecule has 0 saturated carbocycles. The summed E-state index contributed by atoms with van der Waals surface area (Å²) in [7, 11) is 0. The molecule has 0 spiro atoms. The van der Waals surface area contributed by atoms with Crippen LogP contribution in [0.2, 0.25) is 0 Å². The molecule has 0 bridgehead atoms. The molecule has 3 aromatic carbocycles. The lowest BCUT2D eigenvalue weighted by molar-refractivity contribution is 0.174. The van der Waals surface area contributed by atoms with Gasteiger partial charge in [0.15, 0.2) is 11.5 Å². The number of nitrogens with one attached hydrogen (secondary N) is 2. The first kappa shape index (κ1) is 19.8. The van der Waals surface area contributed by atoms with E-state index in [0.29, 0.717) is 25.1 Å². The molecule has 3 aromatic rings. The van der Waals surface area contributed by atoms with E-state index in [1.807, 2.05) is 48.5 Å². The molecular weight excluding hydrogens is 383 g/mol. The number of amides is 2. The van der Waals surface area contributed by atoms with E-state index < -0.39 is 0 Å². The van der Waals surface area contributed by atoms with Crippen LogP contribution in [0.3, 0.4) is 0 Å². The van der Waals surface area contributed by atoms with Crippen molar-refractivity contribution in [2.75, 3.05) is 6.79 Å². The van der Waals surface area contributed by atoms with Gasteiger partial charge in [0, 0.05) is 12.6 Å². The van der Waals surface area contributed by atoms with E-state index >= 15 is 0 Å². The topological polar surface area (TPSA) is 59.6 Å². The molecule has 0 fully saturated rings. The van der Waals surface area contributed by atoms with E-state index in [1.54, 1.807) is 12.1 Å². The molecule has 2 N–H and O–H groups in total. The van der Waals surface area contributed by atoms with Gasteiger partial charge >= 0.3 is 6.03 Å². The van der Waals surface area contributed by atoms with Crippen molar-refractivity contribution in [1.29, 1.82) is 0 Å². The van der Waals surface area contributed by atoms with Gasteiger partial charge in [-0.3, -0.25) is 0 Å². The van der Waals surface area contributed by atoms with E-state index in [0.717, 1.165) is 22.4 Å². The summed E-state index contributed by atoms with van der Waals surface area (Å²) in [5.41, 5.74) is 3.00. The monoisotopic (exact) mass is 406 g/mol. The summed E-state index contributed by atoms with van der Waals surface area (Å²) in [5.74, 6) is 1.16. The summed E-state index contributed by atoms with van der Waals surface area (Å²) in [4.78, 5) is 12.5. The van der Waals surface area contributed by atoms with Crippen LogP contribution in [0.5, 0.6) is 11.5 Å². The molecule has 5 nitrogen and oxygen atoms in total. The Balaban J connectivity index is 1.43. The van der Waals surface area contributed by atoms with Crippen molar-refractivity contribution in [3.8, 4) is 11.5 Å². The first-order chi connectivity index (χ1) is 14.7. The summed E-state index contributed by atoms with van der Waals surface area (Å²) >= 11 is 0. The normalized spacial score (nSPS) is 13.0. The summed E-state index contributed by atoms with van der Waals surface area (Å²) in [6.07, 6.45) is 1.18. The molecule has 2 amide bonds. The molecule has 0 radical (unpaired) electrons. The molecule has 6 heteroatoms. The molecule has 0 aromatic heterocycles. The second-order valence-corrected chi connectivity index (χ2v) is 7.23. The highest BCUT2D eigenvalue weighted by Crippen LogP contribution is 2.32. The maximum atomic E-state index is 13.3. The van der Waals surface area contributed by atoms with E-state index in [-0.39, 0.29) is 24.7 Å². The maximum Gasteiger partial charge on any atom is 0.315 e. The van der Waals surface area contributed by atoms with Crippen molar-refractivity contribution < 1.29 is 18.7 Å². The lowest BCUT2D eigenvalue weighted by Gasteiger charge is -2.20. The minimum absolute atomic E-state index is 0.174. The number of hydrogen-bond donors (Lipinski definition) is 2. The Morgan fingerprint density at radius 2 is 1.57 bits per heavy atom. The van der Waals surface area contributed by atoms with Gasteiger partial charge < -0.3 is 20.1 Å². The third-order valence-corrected chi connectivity index (χ3v) is 4.95. The van der Waals surface area contributed by atoms with Gasteiger partial charge in [0.2, 0.25) is 6.79 Å². The molecule has 1 atom stereocenters. The first-order valence-corrected chi connectivity index (χ1v) is 9.87. The van der Waals surface area contributed by atoms with Crippen LogP contribution < -0.4 is 20.1 Å². The van der Waals surface area contributed by atoms with Crippen LogP contribution in [0.25, 0.3) is 0 Å². The van der Waals surface area contributed by atoms with Crippen LogP contribution >= 0.6 is 0 Å². The second kappa shape index (κ2) is 9.31. The number of ether oxygens (including phenoxy) is 2. The van der Waals surface area contributed by atoms with Gasteiger partial charge in [-0.05, 0) is 53.8 Å². The van der Waals surface area contributed by atoms with E-state index in [4.69, 9.17) is 9.47 Å². The number of hydrogen-bond acceptors (Lipinski definition) is 3. The van der Waals surface area contributed by atoms with Crippen molar-refractivity contribution >= 4 is 6.03 Å². The van der Waals surface area contributed by atoms with E-state index in [2.05, 4.69) is 10.6 Å². The zero-order valence-corrected chi connectivity index (χ0v) is 16.4. The molecule has 0 aliphatic carbocycles. The van der Waals surface area contributed by atoms with E-state index in [1.165, 1.54) is 12.1 Å². The minimum Gasteiger partial charge on any atom is -0.454 e. The zero-order valence-electron chi connectivity index (χ0n) is 16.4. The van der Waals surface area contributed by atoms with Crippen LogP contribution in [-0.4, -0.2) is 18.9 Å². The molecule has 30 heavy (non-hydrogen) atoms. The Labute approximate surface area is 174 Å². The van der Waals surface area contributed by atoms with Gasteiger partial charge in [-0.25, -0.2) is 9.18 Å². The summed E-state index contributed by atoms with van der Waals surface area (Å²) in [6, 6.07) is 21.4. The Hall–Kier alpha value is -3.54. The average Bonchev–Trinajstić information content (AvgIpc) is 3.22. The van der Waals surface area contributed by atoms with Gasteiger partial charge in [0.1, 0.15) is 5.82 Å². The fraction of sp³-hybridized carbons (Fsp3) is 0.208. The Bertz CT molecular complexity index is 993. The molecule has 0 saturated heterocycles. The number of halogens is 1. The predicted octanol–water partition coefficient (Wildman–Crippen LogP) is 4.21. The average molecular weight is 406 g/mol. The van der Waals surface area contributed by atoms with Crippen LogP contribution in [0.1, 0.15) is 16.7 Å². The fourth-order valence-corrected chi connectivity index (χ4v) is 3.45. The molecule has 1 aliphatic rings. The summed E-state index contributed by atoms with van der Waals surface area (Å²) in [6.45, 7) is 0.665. The number of carbonyl (C=O) groups excluding carboxylic acids is 1. The standard InChI is InChI=1S/C24H23FN2O3/c25-20-9-6-17(7-10-20)12-21(13-19-8-11-22-23(14-19)30-16-29-22)27-24(28)26-15-18-4-2-1-3-5-18/h1-11,14,21H,12-13,15-16H2,(H2,26,27,28)/t21-/m0/s1. The number of carbonyl (C=O) groups is 1. The SMILES string of the molecule is O=C(NCc1ccccc1)N[C@@H](Cc1ccc(F)cc1)Cc1ccc2c(c1)OCO2. The highest BCUT2D eigenvalue weighted by atomic mass is 19.1. The number of benzene rings is 3. The van der Waals surface area contributed by atoms with Crippen LogP contribution in [0.15, 0.2) is 72.8 Å². The highest BCUT2D eigenvalue weighted by molar-refractivity contribution is 5.74. The quantitative estimate of drug-likeness (QED) is 0.618. The first-order valence-electron chi connectivity index (χ1n) is 9.87. The molecule has 4 rings (SSSR count). The van der Waals surface area contributed by atoms with Crippen molar-refractivity contribution in [1.82, 2.24) is 10.6 Å². The largest absolute Gasteiger partial charge is 0.454 e.